The lowest BCUT2D eigenvalue weighted by molar-refractivity contribution is -0.128. The molecule has 1 aliphatic carbocycles. The molecule has 2 rings (SSSR count). The van der Waals surface area contributed by atoms with E-state index in [4.69, 9.17) is 10.5 Å². The second-order valence-corrected chi connectivity index (χ2v) is 6.52. The van der Waals surface area contributed by atoms with Crippen LogP contribution < -0.4 is 11.1 Å². The number of amides is 1. The summed E-state index contributed by atoms with van der Waals surface area (Å²) < 4.78 is 5.56. The Morgan fingerprint density at radius 3 is 2.70 bits per heavy atom. The third kappa shape index (κ3) is 3.32. The van der Waals surface area contributed by atoms with Crippen LogP contribution in [0.25, 0.3) is 0 Å². The van der Waals surface area contributed by atoms with Gasteiger partial charge in [0.05, 0.1) is 13.2 Å². The van der Waals surface area contributed by atoms with Gasteiger partial charge in [0.1, 0.15) is 5.54 Å². The summed E-state index contributed by atoms with van der Waals surface area (Å²) in [6.07, 6.45) is 3.24. The third-order valence-electron chi connectivity index (χ3n) is 4.53. The van der Waals surface area contributed by atoms with Gasteiger partial charge in [0, 0.05) is 25.2 Å². The molecule has 0 aromatic rings. The van der Waals surface area contributed by atoms with Crippen molar-refractivity contribution in [3.05, 3.63) is 0 Å². The van der Waals surface area contributed by atoms with Gasteiger partial charge in [-0.25, -0.2) is 0 Å². The molecule has 1 aliphatic heterocycles. The molecule has 2 aliphatic rings. The number of ether oxygens (including phenoxy) is 1. The zero-order chi connectivity index (χ0) is 14.8. The zero-order valence-corrected chi connectivity index (χ0v) is 13.0. The number of nitrogens with one attached hydrogen (secondary N) is 1. The van der Waals surface area contributed by atoms with Crippen LogP contribution in [-0.4, -0.2) is 54.7 Å². The number of rotatable bonds is 7. The highest BCUT2D eigenvalue weighted by Gasteiger charge is 2.51. The maximum absolute atomic E-state index is 12.2. The highest BCUT2D eigenvalue weighted by molar-refractivity contribution is 5.86. The Hall–Kier alpha value is -0.650. The lowest BCUT2D eigenvalue weighted by Gasteiger charge is -2.43. The van der Waals surface area contributed by atoms with Gasteiger partial charge in [-0.15, -0.1) is 0 Å². The zero-order valence-electron chi connectivity index (χ0n) is 13.0. The third-order valence-corrected chi connectivity index (χ3v) is 4.53. The number of hydrogen-bond acceptors (Lipinski definition) is 4. The van der Waals surface area contributed by atoms with Crippen LogP contribution in [0.5, 0.6) is 0 Å². The molecule has 1 saturated heterocycles. The fourth-order valence-corrected chi connectivity index (χ4v) is 3.33. The van der Waals surface area contributed by atoms with Crippen molar-refractivity contribution < 1.29 is 9.53 Å². The second-order valence-electron chi connectivity index (χ2n) is 6.52. The molecular formula is C15H29N3O2. The van der Waals surface area contributed by atoms with Gasteiger partial charge < -0.3 is 10.5 Å². The molecule has 1 saturated carbocycles. The Labute approximate surface area is 122 Å². The summed E-state index contributed by atoms with van der Waals surface area (Å²) >= 11 is 0. The smallest absolute Gasteiger partial charge is 0.239 e. The minimum Gasteiger partial charge on any atom is -0.378 e. The first kappa shape index (κ1) is 15.7. The molecule has 1 heterocycles. The Bertz CT molecular complexity index is 344. The van der Waals surface area contributed by atoms with Crippen molar-refractivity contribution >= 4 is 5.91 Å². The largest absolute Gasteiger partial charge is 0.378 e. The summed E-state index contributed by atoms with van der Waals surface area (Å²) in [5, 5.41) is 3.49. The standard InChI is InChI=1S/C15H29N3O2/c1-4-13-9-20-8-7-18(13)10-15(14(16)19,12-5-6-12)17-11(2)3/h11-13,17H,4-10H2,1-3H3,(H2,16,19). The number of hydrogen-bond donors (Lipinski definition) is 2. The van der Waals surface area contributed by atoms with Crippen LogP contribution in [0, 0.1) is 5.92 Å². The van der Waals surface area contributed by atoms with Crippen LogP contribution in [0.15, 0.2) is 0 Å². The van der Waals surface area contributed by atoms with Crippen LogP contribution in [0.4, 0.5) is 0 Å². The lowest BCUT2D eigenvalue weighted by atomic mass is 9.89. The van der Waals surface area contributed by atoms with E-state index in [2.05, 4.69) is 31.0 Å². The van der Waals surface area contributed by atoms with Gasteiger partial charge in [0.2, 0.25) is 5.91 Å². The summed E-state index contributed by atoms with van der Waals surface area (Å²) in [6, 6.07) is 0.652. The van der Waals surface area contributed by atoms with Crippen molar-refractivity contribution in [3.63, 3.8) is 0 Å². The predicted octanol–water partition coefficient (Wildman–Crippen LogP) is 0.729. The van der Waals surface area contributed by atoms with Crippen molar-refractivity contribution in [1.82, 2.24) is 10.2 Å². The molecular weight excluding hydrogens is 254 g/mol. The highest BCUT2D eigenvalue weighted by atomic mass is 16.5. The summed E-state index contributed by atoms with van der Waals surface area (Å²) in [4.78, 5) is 14.6. The minimum atomic E-state index is -0.571. The first-order valence-corrected chi connectivity index (χ1v) is 7.89. The minimum absolute atomic E-state index is 0.199. The van der Waals surface area contributed by atoms with Crippen molar-refractivity contribution in [3.8, 4) is 0 Å². The maximum Gasteiger partial charge on any atom is 0.239 e. The summed E-state index contributed by atoms with van der Waals surface area (Å²) in [5.74, 6) is 0.192. The SMILES string of the molecule is CCC1COCCN1CC(NC(C)C)(C(N)=O)C1CC1. The first-order chi connectivity index (χ1) is 9.49. The van der Waals surface area contributed by atoms with Crippen molar-refractivity contribution in [1.29, 1.82) is 0 Å². The molecule has 2 unspecified atom stereocenters. The van der Waals surface area contributed by atoms with Gasteiger partial charge >= 0.3 is 0 Å². The summed E-state index contributed by atoms with van der Waals surface area (Å²) in [7, 11) is 0. The van der Waals surface area contributed by atoms with E-state index in [1.54, 1.807) is 0 Å². The molecule has 116 valence electrons. The number of carbonyl (C=O) groups is 1. The van der Waals surface area contributed by atoms with Crippen LogP contribution >= 0.6 is 0 Å². The Balaban J connectivity index is 2.15. The molecule has 3 N–H and O–H groups in total. The molecule has 0 aromatic carbocycles. The van der Waals surface area contributed by atoms with Gasteiger partial charge in [-0.2, -0.15) is 0 Å². The van der Waals surface area contributed by atoms with Crippen LogP contribution in [0.3, 0.4) is 0 Å². The quantitative estimate of drug-likeness (QED) is 0.723. The second kappa shape index (κ2) is 6.41. The average molecular weight is 283 g/mol. The highest BCUT2D eigenvalue weighted by Crippen LogP contribution is 2.41. The van der Waals surface area contributed by atoms with Gasteiger partial charge in [-0.05, 0) is 39.0 Å². The van der Waals surface area contributed by atoms with E-state index in [1.165, 1.54) is 0 Å². The number of nitrogens with two attached hydrogens (primary N) is 1. The molecule has 1 amide bonds. The lowest BCUT2D eigenvalue weighted by Crippen LogP contribution is -2.66. The van der Waals surface area contributed by atoms with E-state index in [0.29, 0.717) is 18.5 Å². The van der Waals surface area contributed by atoms with Gasteiger partial charge in [-0.1, -0.05) is 6.92 Å². The van der Waals surface area contributed by atoms with E-state index in [-0.39, 0.29) is 11.9 Å². The van der Waals surface area contributed by atoms with Crippen LogP contribution in [0.2, 0.25) is 0 Å². The Morgan fingerprint density at radius 1 is 1.50 bits per heavy atom. The normalized spacial score (nSPS) is 27.5. The van der Waals surface area contributed by atoms with E-state index in [1.807, 2.05) is 0 Å². The number of nitrogens with zero attached hydrogens (tertiary/aromatic N) is 1. The van der Waals surface area contributed by atoms with Crippen LogP contribution in [0.1, 0.15) is 40.0 Å². The molecule has 5 nitrogen and oxygen atoms in total. The van der Waals surface area contributed by atoms with E-state index in [9.17, 15) is 4.79 Å². The topological polar surface area (TPSA) is 67.6 Å². The van der Waals surface area contributed by atoms with Crippen LogP contribution in [-0.2, 0) is 9.53 Å². The summed E-state index contributed by atoms with van der Waals surface area (Å²) in [6.45, 7) is 9.45. The number of primary amides is 1. The van der Waals surface area contributed by atoms with Gasteiger partial charge in [0.15, 0.2) is 0 Å². The molecule has 5 heteroatoms. The summed E-state index contributed by atoms with van der Waals surface area (Å²) in [5.41, 5.74) is 5.24. The molecule has 20 heavy (non-hydrogen) atoms. The molecule has 2 atom stereocenters. The fraction of sp³-hybridized carbons (Fsp3) is 0.933. The monoisotopic (exact) mass is 283 g/mol. The molecule has 0 aromatic heterocycles. The van der Waals surface area contributed by atoms with E-state index < -0.39 is 5.54 Å². The average Bonchev–Trinajstić information content (AvgIpc) is 3.22. The molecule has 0 radical (unpaired) electrons. The van der Waals surface area contributed by atoms with Crippen molar-refractivity contribution in [2.45, 2.75) is 57.7 Å². The van der Waals surface area contributed by atoms with Gasteiger partial charge in [0.25, 0.3) is 0 Å². The van der Waals surface area contributed by atoms with Crippen molar-refractivity contribution in [2.24, 2.45) is 11.7 Å². The van der Waals surface area contributed by atoms with E-state index >= 15 is 0 Å². The van der Waals surface area contributed by atoms with Crippen molar-refractivity contribution in [2.75, 3.05) is 26.3 Å². The van der Waals surface area contributed by atoms with E-state index in [0.717, 1.165) is 39.0 Å². The number of carbonyl (C=O) groups excluding carboxylic acids is 1. The predicted molar refractivity (Wildman–Crippen MR) is 79.4 cm³/mol. The van der Waals surface area contributed by atoms with Gasteiger partial charge in [-0.3, -0.25) is 15.0 Å². The molecule has 2 fully saturated rings. The Kier molecular flexibility index (Phi) is 5.04. The first-order valence-electron chi connectivity index (χ1n) is 7.89. The molecule has 0 spiro atoms. The number of morpholine rings is 1. The molecule has 0 bridgehead atoms. The maximum atomic E-state index is 12.2. The fourth-order valence-electron chi connectivity index (χ4n) is 3.33. The Morgan fingerprint density at radius 2 is 2.20 bits per heavy atom.